The number of rotatable bonds is 11. The van der Waals surface area contributed by atoms with Crippen LogP contribution in [0, 0.1) is 13.8 Å². The molecule has 0 fully saturated rings. The van der Waals surface area contributed by atoms with E-state index in [9.17, 15) is 0 Å². The van der Waals surface area contributed by atoms with Crippen LogP contribution in [0.2, 0.25) is 0 Å². The van der Waals surface area contributed by atoms with Crippen LogP contribution in [0.1, 0.15) is 68.5 Å². The van der Waals surface area contributed by atoms with Gasteiger partial charge in [0.2, 0.25) is 11.9 Å². The molecule has 0 saturated carbocycles. The van der Waals surface area contributed by atoms with Crippen LogP contribution in [0.15, 0.2) is 18.2 Å². The molecule has 2 N–H and O–H groups in total. The highest BCUT2D eigenvalue weighted by molar-refractivity contribution is 5.86. The van der Waals surface area contributed by atoms with E-state index in [1.54, 1.807) is 0 Å². The van der Waals surface area contributed by atoms with Crippen LogP contribution < -0.4 is 10.6 Å². The van der Waals surface area contributed by atoms with Gasteiger partial charge in [-0.25, -0.2) is 15.0 Å². The molecule has 182 valence electrons. The largest absolute Gasteiger partial charge is 0.370 e. The van der Waals surface area contributed by atoms with Crippen molar-refractivity contribution < 1.29 is 0 Å². The summed E-state index contributed by atoms with van der Waals surface area (Å²) in [7, 11) is 0. The Morgan fingerprint density at radius 1 is 0.882 bits per heavy atom. The first kappa shape index (κ1) is 24.3. The van der Waals surface area contributed by atoms with Gasteiger partial charge >= 0.3 is 0 Å². The number of aryl methyl sites for hydroxylation is 4. The Balaban J connectivity index is 1.41. The predicted octanol–water partition coefficient (Wildman–Crippen LogP) is 5.58. The highest BCUT2D eigenvalue weighted by atomic mass is 15.2. The Morgan fingerprint density at radius 3 is 2.50 bits per heavy atom. The van der Waals surface area contributed by atoms with E-state index in [1.165, 1.54) is 43.4 Å². The van der Waals surface area contributed by atoms with Crippen LogP contribution in [-0.2, 0) is 12.8 Å². The molecule has 7 nitrogen and oxygen atoms in total. The predicted molar refractivity (Wildman–Crippen MR) is 141 cm³/mol. The second-order valence-electron chi connectivity index (χ2n) is 9.30. The Bertz CT molecular complexity index is 1110. The van der Waals surface area contributed by atoms with E-state index >= 15 is 0 Å². The van der Waals surface area contributed by atoms with Gasteiger partial charge in [0.15, 0.2) is 0 Å². The molecular weight excluding hydrogens is 422 g/mol. The molecule has 1 aliphatic carbocycles. The maximum absolute atomic E-state index is 4.90. The van der Waals surface area contributed by atoms with Gasteiger partial charge in [0.25, 0.3) is 0 Å². The summed E-state index contributed by atoms with van der Waals surface area (Å²) in [5.41, 5.74) is 5.78. The summed E-state index contributed by atoms with van der Waals surface area (Å²) < 4.78 is 0. The number of fused-ring (bicyclic) bond motifs is 3. The SMILES string of the molecule is CCN(CC)CCCCCNc1cc(C)nc(Nc2nc(C)c3ccc4c(c3n2)CCCC4)n1. The minimum Gasteiger partial charge on any atom is -0.370 e. The normalized spacial score (nSPS) is 13.3. The average molecular weight is 462 g/mol. The van der Waals surface area contributed by atoms with Gasteiger partial charge in [0.1, 0.15) is 5.82 Å². The third kappa shape index (κ3) is 6.00. The fourth-order valence-corrected chi connectivity index (χ4v) is 4.84. The smallest absolute Gasteiger partial charge is 0.231 e. The van der Waals surface area contributed by atoms with Crippen molar-refractivity contribution >= 4 is 28.6 Å². The number of aromatic nitrogens is 4. The Kier molecular flexibility index (Phi) is 8.27. The van der Waals surface area contributed by atoms with Crippen molar-refractivity contribution in [2.45, 2.75) is 72.6 Å². The lowest BCUT2D eigenvalue weighted by Crippen LogP contribution is -2.23. The number of nitrogens with zero attached hydrogens (tertiary/aromatic N) is 5. The van der Waals surface area contributed by atoms with Gasteiger partial charge in [0.05, 0.1) is 11.2 Å². The fourth-order valence-electron chi connectivity index (χ4n) is 4.84. The number of hydrogen-bond donors (Lipinski definition) is 2. The van der Waals surface area contributed by atoms with E-state index in [0.717, 1.165) is 67.0 Å². The number of benzene rings is 1. The zero-order valence-corrected chi connectivity index (χ0v) is 21.2. The molecule has 1 aliphatic rings. The summed E-state index contributed by atoms with van der Waals surface area (Å²) in [6.07, 6.45) is 8.30. The van der Waals surface area contributed by atoms with E-state index in [2.05, 4.69) is 58.4 Å². The lowest BCUT2D eigenvalue weighted by molar-refractivity contribution is 0.296. The van der Waals surface area contributed by atoms with Gasteiger partial charge < -0.3 is 10.2 Å². The van der Waals surface area contributed by atoms with Crippen molar-refractivity contribution in [2.24, 2.45) is 0 Å². The van der Waals surface area contributed by atoms with Crippen LogP contribution >= 0.6 is 0 Å². The van der Waals surface area contributed by atoms with Gasteiger partial charge in [-0.3, -0.25) is 5.32 Å². The second kappa shape index (κ2) is 11.6. The molecule has 0 bridgehead atoms. The summed E-state index contributed by atoms with van der Waals surface area (Å²) in [4.78, 5) is 21.3. The van der Waals surface area contributed by atoms with Crippen molar-refractivity contribution in [3.8, 4) is 0 Å². The number of unbranched alkanes of at least 4 members (excludes halogenated alkanes) is 2. The van der Waals surface area contributed by atoms with E-state index in [1.807, 2.05) is 13.0 Å². The van der Waals surface area contributed by atoms with Gasteiger partial charge in [-0.15, -0.1) is 0 Å². The first-order valence-corrected chi connectivity index (χ1v) is 13.0. The van der Waals surface area contributed by atoms with Crippen LogP contribution in [0.25, 0.3) is 10.9 Å². The minimum absolute atomic E-state index is 0.535. The van der Waals surface area contributed by atoms with E-state index < -0.39 is 0 Å². The van der Waals surface area contributed by atoms with Crippen molar-refractivity contribution in [3.63, 3.8) is 0 Å². The van der Waals surface area contributed by atoms with Gasteiger partial charge in [-0.1, -0.05) is 32.4 Å². The monoisotopic (exact) mass is 461 g/mol. The summed E-state index contributed by atoms with van der Waals surface area (Å²) >= 11 is 0. The average Bonchev–Trinajstić information content (AvgIpc) is 2.83. The minimum atomic E-state index is 0.535. The van der Waals surface area contributed by atoms with E-state index in [0.29, 0.717) is 11.9 Å². The summed E-state index contributed by atoms with van der Waals surface area (Å²) in [5, 5.41) is 7.87. The molecule has 1 aromatic carbocycles. The molecule has 0 spiro atoms. The third-order valence-corrected chi connectivity index (χ3v) is 6.81. The van der Waals surface area contributed by atoms with Gasteiger partial charge in [-0.2, -0.15) is 4.98 Å². The molecule has 0 aliphatic heterocycles. The van der Waals surface area contributed by atoms with Gasteiger partial charge in [-0.05, 0) is 83.1 Å². The Labute approximate surface area is 203 Å². The third-order valence-electron chi connectivity index (χ3n) is 6.81. The van der Waals surface area contributed by atoms with Crippen molar-refractivity contribution in [2.75, 3.05) is 36.8 Å². The zero-order chi connectivity index (χ0) is 23.9. The van der Waals surface area contributed by atoms with Gasteiger partial charge in [0, 0.05) is 23.7 Å². The first-order chi connectivity index (χ1) is 16.6. The van der Waals surface area contributed by atoms with Crippen LogP contribution in [0.5, 0.6) is 0 Å². The first-order valence-electron chi connectivity index (χ1n) is 13.0. The molecule has 7 heteroatoms. The lowest BCUT2D eigenvalue weighted by atomic mass is 9.89. The van der Waals surface area contributed by atoms with Crippen molar-refractivity contribution in [1.29, 1.82) is 0 Å². The zero-order valence-electron chi connectivity index (χ0n) is 21.2. The van der Waals surface area contributed by atoms with Crippen molar-refractivity contribution in [3.05, 3.63) is 40.7 Å². The lowest BCUT2D eigenvalue weighted by Gasteiger charge is -2.18. The maximum Gasteiger partial charge on any atom is 0.231 e. The molecule has 0 atom stereocenters. The molecule has 0 unspecified atom stereocenters. The summed E-state index contributed by atoms with van der Waals surface area (Å²) in [6, 6.07) is 6.42. The standard InChI is InChI=1S/C27H39N7/c1-5-34(6-2)17-11-7-10-16-28-24-18-19(3)29-26(31-24)33-27-30-20(4)22-15-14-21-12-8-9-13-23(21)25(22)32-27/h14-15,18H,5-13,16-17H2,1-4H3,(H2,28,29,30,31,32,33). The molecule has 0 radical (unpaired) electrons. The molecule has 0 saturated heterocycles. The van der Waals surface area contributed by atoms with E-state index in [4.69, 9.17) is 9.97 Å². The number of nitrogens with one attached hydrogen (secondary N) is 2. The molecular formula is C27H39N7. The fraction of sp³-hybridized carbons (Fsp3) is 0.556. The van der Waals surface area contributed by atoms with Crippen LogP contribution in [0.3, 0.4) is 0 Å². The summed E-state index contributed by atoms with van der Waals surface area (Å²) in [6.45, 7) is 12.9. The van der Waals surface area contributed by atoms with Crippen LogP contribution in [0.4, 0.5) is 17.7 Å². The summed E-state index contributed by atoms with van der Waals surface area (Å²) in [5.74, 6) is 1.94. The molecule has 3 aromatic rings. The maximum atomic E-state index is 4.90. The highest BCUT2D eigenvalue weighted by Gasteiger charge is 2.16. The molecule has 2 heterocycles. The number of anilines is 3. The van der Waals surface area contributed by atoms with E-state index in [-0.39, 0.29) is 0 Å². The molecule has 0 amide bonds. The topological polar surface area (TPSA) is 78.9 Å². The number of hydrogen-bond acceptors (Lipinski definition) is 7. The quantitative estimate of drug-likeness (QED) is 0.361. The highest BCUT2D eigenvalue weighted by Crippen LogP contribution is 2.30. The molecule has 34 heavy (non-hydrogen) atoms. The van der Waals surface area contributed by atoms with Crippen LogP contribution in [-0.4, -0.2) is 51.0 Å². The Hall–Kier alpha value is -2.80. The molecule has 2 aromatic heterocycles. The Morgan fingerprint density at radius 2 is 1.68 bits per heavy atom. The van der Waals surface area contributed by atoms with Crippen molar-refractivity contribution in [1.82, 2.24) is 24.8 Å². The second-order valence-corrected chi connectivity index (χ2v) is 9.30. The molecule has 4 rings (SSSR count).